The minimum atomic E-state index is -0.300. The fraction of sp³-hybridized carbons (Fsp3) is 0.412. The number of benzene rings is 1. The number of rotatable bonds is 5. The quantitative estimate of drug-likeness (QED) is 0.850. The summed E-state index contributed by atoms with van der Waals surface area (Å²) >= 11 is 0. The number of carbonyl (C=O) groups excluding carboxylic acids is 1. The second-order valence-corrected chi connectivity index (χ2v) is 5.14. The van der Waals surface area contributed by atoms with Crippen molar-refractivity contribution in [2.75, 3.05) is 6.61 Å². The summed E-state index contributed by atoms with van der Waals surface area (Å²) in [5.74, 6) is -0.300. The van der Waals surface area contributed by atoms with Gasteiger partial charge in [0.25, 0.3) is 0 Å². The minimum absolute atomic E-state index is 0.300. The van der Waals surface area contributed by atoms with Gasteiger partial charge in [0.15, 0.2) is 0 Å². The van der Waals surface area contributed by atoms with Gasteiger partial charge in [-0.15, -0.1) is 0 Å². The third-order valence-electron chi connectivity index (χ3n) is 3.68. The van der Waals surface area contributed by atoms with Crippen molar-refractivity contribution in [1.29, 1.82) is 0 Å². The molecule has 0 fully saturated rings. The van der Waals surface area contributed by atoms with E-state index in [1.54, 1.807) is 0 Å². The Morgan fingerprint density at radius 3 is 2.71 bits per heavy atom. The Hall–Kier alpha value is -2.10. The van der Waals surface area contributed by atoms with Gasteiger partial charge >= 0.3 is 5.97 Å². The second kappa shape index (κ2) is 6.57. The van der Waals surface area contributed by atoms with Crippen LogP contribution in [0.15, 0.2) is 18.2 Å². The van der Waals surface area contributed by atoms with Crippen LogP contribution in [0.1, 0.15) is 47.4 Å². The third-order valence-corrected chi connectivity index (χ3v) is 3.68. The molecule has 0 aliphatic carbocycles. The summed E-state index contributed by atoms with van der Waals surface area (Å²) in [7, 11) is 0. The first-order valence-electron chi connectivity index (χ1n) is 7.41. The van der Waals surface area contributed by atoms with Crippen molar-refractivity contribution in [2.24, 2.45) is 0 Å². The van der Waals surface area contributed by atoms with Crippen LogP contribution < -0.4 is 0 Å². The standard InChI is InChI=1S/C17H22N2O2/c1-5-8-14-15(17(20)21-6-2)16(19-18-14)13-10-7-9-11(3)12(13)4/h7,9-10H,5-6,8H2,1-4H3,(H,18,19). The molecular formula is C17H22N2O2. The van der Waals surface area contributed by atoms with Crippen LogP contribution in [0.4, 0.5) is 0 Å². The van der Waals surface area contributed by atoms with Gasteiger partial charge < -0.3 is 4.74 Å². The number of ether oxygens (including phenoxy) is 1. The number of aryl methyl sites for hydroxylation is 2. The van der Waals surface area contributed by atoms with E-state index in [0.29, 0.717) is 17.9 Å². The summed E-state index contributed by atoms with van der Waals surface area (Å²) in [6, 6.07) is 6.04. The number of hydrogen-bond donors (Lipinski definition) is 1. The van der Waals surface area contributed by atoms with Gasteiger partial charge in [0, 0.05) is 5.56 Å². The molecule has 0 saturated carbocycles. The maximum Gasteiger partial charge on any atom is 0.342 e. The molecule has 0 amide bonds. The van der Waals surface area contributed by atoms with Crippen LogP contribution in [0, 0.1) is 13.8 Å². The molecule has 2 aromatic rings. The average molecular weight is 286 g/mol. The highest BCUT2D eigenvalue weighted by Crippen LogP contribution is 2.29. The van der Waals surface area contributed by atoms with Crippen molar-refractivity contribution in [1.82, 2.24) is 10.2 Å². The van der Waals surface area contributed by atoms with E-state index < -0.39 is 0 Å². The monoisotopic (exact) mass is 286 g/mol. The van der Waals surface area contributed by atoms with Gasteiger partial charge in [0.2, 0.25) is 0 Å². The van der Waals surface area contributed by atoms with E-state index in [0.717, 1.165) is 29.7 Å². The molecule has 0 saturated heterocycles. The highest BCUT2D eigenvalue weighted by Gasteiger charge is 2.23. The molecule has 112 valence electrons. The van der Waals surface area contributed by atoms with Gasteiger partial charge in [0.1, 0.15) is 11.3 Å². The van der Waals surface area contributed by atoms with Crippen molar-refractivity contribution in [3.8, 4) is 11.3 Å². The number of nitrogens with one attached hydrogen (secondary N) is 1. The molecular weight excluding hydrogens is 264 g/mol. The summed E-state index contributed by atoms with van der Waals surface area (Å²) in [5, 5.41) is 7.39. The van der Waals surface area contributed by atoms with Crippen molar-refractivity contribution < 1.29 is 9.53 Å². The van der Waals surface area contributed by atoms with Gasteiger partial charge in [-0.1, -0.05) is 31.5 Å². The van der Waals surface area contributed by atoms with E-state index in [2.05, 4.69) is 30.1 Å². The highest BCUT2D eigenvalue weighted by molar-refractivity contribution is 5.97. The first-order valence-corrected chi connectivity index (χ1v) is 7.41. The fourth-order valence-corrected chi connectivity index (χ4v) is 2.43. The Kier molecular flexibility index (Phi) is 4.78. The zero-order valence-electron chi connectivity index (χ0n) is 13.1. The second-order valence-electron chi connectivity index (χ2n) is 5.14. The largest absolute Gasteiger partial charge is 0.462 e. The number of aromatic amines is 1. The topological polar surface area (TPSA) is 55.0 Å². The Bertz CT molecular complexity index is 644. The lowest BCUT2D eigenvalue weighted by molar-refractivity contribution is 0.0526. The SMILES string of the molecule is CCCc1[nH]nc(-c2cccc(C)c2C)c1C(=O)OCC. The molecule has 0 aliphatic heterocycles. The predicted molar refractivity (Wildman–Crippen MR) is 83.4 cm³/mol. The normalized spacial score (nSPS) is 10.7. The first kappa shape index (κ1) is 15.3. The van der Waals surface area contributed by atoms with Crippen LogP contribution in [0.25, 0.3) is 11.3 Å². The molecule has 0 aliphatic rings. The van der Waals surface area contributed by atoms with Crippen LogP contribution in [-0.2, 0) is 11.2 Å². The molecule has 21 heavy (non-hydrogen) atoms. The number of aromatic nitrogens is 2. The molecule has 0 atom stereocenters. The maximum absolute atomic E-state index is 12.3. The van der Waals surface area contributed by atoms with Crippen molar-refractivity contribution >= 4 is 5.97 Å². The molecule has 4 nitrogen and oxygen atoms in total. The van der Waals surface area contributed by atoms with E-state index in [4.69, 9.17) is 4.74 Å². The van der Waals surface area contributed by atoms with E-state index in [9.17, 15) is 4.79 Å². The van der Waals surface area contributed by atoms with Gasteiger partial charge in [-0.25, -0.2) is 4.79 Å². The minimum Gasteiger partial charge on any atom is -0.462 e. The average Bonchev–Trinajstić information content (AvgIpc) is 2.86. The van der Waals surface area contributed by atoms with E-state index in [1.165, 1.54) is 5.56 Å². The molecule has 1 heterocycles. The molecule has 0 radical (unpaired) electrons. The smallest absolute Gasteiger partial charge is 0.342 e. The zero-order valence-corrected chi connectivity index (χ0v) is 13.1. The van der Waals surface area contributed by atoms with Gasteiger partial charge in [-0.3, -0.25) is 5.10 Å². The summed E-state index contributed by atoms with van der Waals surface area (Å²) in [6.07, 6.45) is 1.73. The van der Waals surface area contributed by atoms with E-state index in [-0.39, 0.29) is 5.97 Å². The predicted octanol–water partition coefficient (Wildman–Crippen LogP) is 3.82. The lowest BCUT2D eigenvalue weighted by Crippen LogP contribution is -2.08. The number of esters is 1. The Morgan fingerprint density at radius 2 is 2.05 bits per heavy atom. The van der Waals surface area contributed by atoms with Gasteiger partial charge in [-0.2, -0.15) is 5.10 Å². The lowest BCUT2D eigenvalue weighted by Gasteiger charge is -2.09. The van der Waals surface area contributed by atoms with Crippen LogP contribution in [0.3, 0.4) is 0 Å². The molecule has 0 unspecified atom stereocenters. The molecule has 1 N–H and O–H groups in total. The van der Waals surface area contributed by atoms with Crippen LogP contribution in [-0.4, -0.2) is 22.8 Å². The van der Waals surface area contributed by atoms with Crippen LogP contribution in [0.5, 0.6) is 0 Å². The zero-order chi connectivity index (χ0) is 15.4. The molecule has 1 aromatic carbocycles. The van der Waals surface area contributed by atoms with E-state index in [1.807, 2.05) is 26.0 Å². The summed E-state index contributed by atoms with van der Waals surface area (Å²) < 4.78 is 5.21. The summed E-state index contributed by atoms with van der Waals surface area (Å²) in [4.78, 5) is 12.3. The third kappa shape index (κ3) is 2.99. The Balaban J connectivity index is 2.58. The van der Waals surface area contributed by atoms with Gasteiger partial charge in [0.05, 0.1) is 12.3 Å². The molecule has 2 rings (SSSR count). The van der Waals surface area contributed by atoms with Crippen LogP contribution in [0.2, 0.25) is 0 Å². The number of hydrogen-bond acceptors (Lipinski definition) is 3. The number of carbonyl (C=O) groups is 1. The number of nitrogens with zero attached hydrogens (tertiary/aromatic N) is 1. The Morgan fingerprint density at radius 1 is 1.29 bits per heavy atom. The number of H-pyrrole nitrogens is 1. The highest BCUT2D eigenvalue weighted by atomic mass is 16.5. The molecule has 0 bridgehead atoms. The van der Waals surface area contributed by atoms with Crippen LogP contribution >= 0.6 is 0 Å². The van der Waals surface area contributed by atoms with Gasteiger partial charge in [-0.05, 0) is 38.3 Å². The summed E-state index contributed by atoms with van der Waals surface area (Å²) in [6.45, 7) is 8.36. The lowest BCUT2D eigenvalue weighted by atomic mass is 9.97. The van der Waals surface area contributed by atoms with E-state index >= 15 is 0 Å². The molecule has 4 heteroatoms. The summed E-state index contributed by atoms with van der Waals surface area (Å²) in [5.41, 5.74) is 5.42. The molecule has 0 spiro atoms. The fourth-order valence-electron chi connectivity index (χ4n) is 2.43. The van der Waals surface area contributed by atoms with Crippen molar-refractivity contribution in [3.05, 3.63) is 40.6 Å². The maximum atomic E-state index is 12.3. The van der Waals surface area contributed by atoms with Crippen molar-refractivity contribution in [2.45, 2.75) is 40.5 Å². The van der Waals surface area contributed by atoms with Crippen molar-refractivity contribution in [3.63, 3.8) is 0 Å². The Labute approximate surface area is 125 Å². The molecule has 1 aromatic heterocycles. The first-order chi connectivity index (χ1) is 10.1.